The van der Waals surface area contributed by atoms with E-state index in [1.54, 1.807) is 0 Å². The number of benzene rings is 3. The minimum atomic E-state index is 0.847. The second kappa shape index (κ2) is 8.13. The van der Waals surface area contributed by atoms with Crippen molar-refractivity contribution < 1.29 is 8.98 Å². The van der Waals surface area contributed by atoms with E-state index in [1.165, 1.54) is 11.1 Å². The zero-order valence-electron chi connectivity index (χ0n) is 16.4. The molecule has 0 aliphatic carbocycles. The maximum atomic E-state index is 6.20. The van der Waals surface area contributed by atoms with Gasteiger partial charge in [0.25, 0.3) is 5.52 Å². The van der Waals surface area contributed by atoms with Crippen LogP contribution in [-0.4, -0.2) is 0 Å². The van der Waals surface area contributed by atoms with Crippen LogP contribution in [0.4, 0.5) is 5.69 Å². The zero-order chi connectivity index (χ0) is 19.3. The number of aromatic nitrogens is 1. The highest BCUT2D eigenvalue weighted by Gasteiger charge is 2.20. The molecule has 1 aromatic heterocycles. The molecule has 0 bridgehead atoms. The Labute approximate surface area is 166 Å². The highest BCUT2D eigenvalue weighted by Crippen LogP contribution is 2.25. The van der Waals surface area contributed by atoms with Gasteiger partial charge in [-0.2, -0.15) is 4.57 Å². The summed E-state index contributed by atoms with van der Waals surface area (Å²) in [4.78, 5) is 0. The van der Waals surface area contributed by atoms with E-state index in [2.05, 4.69) is 84.4 Å². The second-order valence-electron chi connectivity index (χ2n) is 6.75. The van der Waals surface area contributed by atoms with Gasteiger partial charge in [-0.3, -0.25) is 0 Å². The molecular weight excluding hydrogens is 344 g/mol. The van der Waals surface area contributed by atoms with Crippen LogP contribution in [0.1, 0.15) is 26.2 Å². The van der Waals surface area contributed by atoms with Gasteiger partial charge in [0.15, 0.2) is 0 Å². The smallest absolute Gasteiger partial charge is 0.375 e. The van der Waals surface area contributed by atoms with Crippen molar-refractivity contribution in [2.45, 2.75) is 26.8 Å². The number of hydrogen-bond acceptors (Lipinski definition) is 2. The molecule has 0 amide bonds. The molecule has 0 saturated carbocycles. The van der Waals surface area contributed by atoms with Crippen LogP contribution in [0.5, 0.6) is 0 Å². The molecule has 0 atom stereocenters. The lowest BCUT2D eigenvalue weighted by Crippen LogP contribution is -2.33. The number of rotatable bonds is 6. The first-order valence-corrected chi connectivity index (χ1v) is 9.83. The van der Waals surface area contributed by atoms with Gasteiger partial charge in [0.2, 0.25) is 5.58 Å². The summed E-state index contributed by atoms with van der Waals surface area (Å²) in [6, 6.07) is 27.1. The van der Waals surface area contributed by atoms with Crippen LogP contribution in [0, 0.1) is 0 Å². The summed E-state index contributed by atoms with van der Waals surface area (Å²) in [6.45, 7) is 5.14. The van der Waals surface area contributed by atoms with E-state index in [1.807, 2.05) is 24.3 Å². The first-order chi connectivity index (χ1) is 13.8. The average molecular weight is 369 g/mol. The van der Waals surface area contributed by atoms with Crippen LogP contribution in [0.15, 0.2) is 89.0 Å². The molecule has 0 saturated heterocycles. The molecule has 0 aliphatic heterocycles. The number of anilines is 1. The third kappa shape index (κ3) is 3.70. The Kier molecular flexibility index (Phi) is 5.24. The molecule has 1 heterocycles. The van der Waals surface area contributed by atoms with Gasteiger partial charge < -0.3 is 9.73 Å². The third-order valence-corrected chi connectivity index (χ3v) is 4.91. The predicted molar refractivity (Wildman–Crippen MR) is 116 cm³/mol. The number of hydrogen-bond donors (Lipinski definition) is 1. The Morgan fingerprint density at radius 1 is 0.893 bits per heavy atom. The Bertz CT molecular complexity index is 1100. The molecule has 4 aromatic rings. The molecule has 1 N–H and O–H groups in total. The average Bonchev–Trinajstić information content (AvgIpc) is 3.10. The van der Waals surface area contributed by atoms with Gasteiger partial charge in [0.05, 0.1) is 6.08 Å². The van der Waals surface area contributed by atoms with Gasteiger partial charge in [-0.1, -0.05) is 61.5 Å². The molecule has 28 heavy (non-hydrogen) atoms. The topological polar surface area (TPSA) is 29.0 Å². The van der Waals surface area contributed by atoms with Crippen molar-refractivity contribution in [3.05, 3.63) is 90.5 Å². The molecule has 4 rings (SSSR count). The fourth-order valence-corrected chi connectivity index (χ4v) is 3.43. The molecular formula is C25H25N2O+. The van der Waals surface area contributed by atoms with Crippen molar-refractivity contribution in [2.75, 3.05) is 5.32 Å². The van der Waals surface area contributed by atoms with Gasteiger partial charge in [-0.25, -0.2) is 0 Å². The van der Waals surface area contributed by atoms with E-state index in [0.717, 1.165) is 41.3 Å². The molecule has 0 unspecified atom stereocenters. The lowest BCUT2D eigenvalue weighted by atomic mass is 10.1. The predicted octanol–water partition coefficient (Wildman–Crippen LogP) is 6.27. The number of fused-ring (bicyclic) bond motifs is 1. The lowest BCUT2D eigenvalue weighted by molar-refractivity contribution is -0.674. The molecule has 0 aliphatic rings. The van der Waals surface area contributed by atoms with Gasteiger partial charge in [0.1, 0.15) is 6.54 Å². The molecule has 140 valence electrons. The quantitative estimate of drug-likeness (QED) is 0.406. The van der Waals surface area contributed by atoms with Gasteiger partial charge in [-0.15, -0.1) is 0 Å². The van der Waals surface area contributed by atoms with Crippen molar-refractivity contribution >= 4 is 22.9 Å². The number of oxazole rings is 1. The molecule has 3 nitrogen and oxygen atoms in total. The molecule has 3 heteroatoms. The van der Waals surface area contributed by atoms with Gasteiger partial charge in [-0.05, 0) is 42.7 Å². The maximum Gasteiger partial charge on any atom is 0.375 e. The van der Waals surface area contributed by atoms with Crippen LogP contribution in [-0.2, 0) is 6.54 Å². The van der Waals surface area contributed by atoms with E-state index in [0.29, 0.717) is 0 Å². The third-order valence-electron chi connectivity index (χ3n) is 4.91. The highest BCUT2D eigenvalue weighted by molar-refractivity contribution is 5.78. The monoisotopic (exact) mass is 369 g/mol. The zero-order valence-corrected chi connectivity index (χ0v) is 16.4. The minimum Gasteiger partial charge on any atom is -0.398 e. The van der Waals surface area contributed by atoms with Crippen molar-refractivity contribution in [3.8, 4) is 11.1 Å². The summed E-state index contributed by atoms with van der Waals surface area (Å²) in [5, 5.41) is 3.50. The van der Waals surface area contributed by atoms with E-state index in [-0.39, 0.29) is 0 Å². The number of nitrogens with one attached hydrogen (secondary N) is 1. The van der Waals surface area contributed by atoms with E-state index in [4.69, 9.17) is 4.42 Å². The molecule has 0 fully saturated rings. The first-order valence-electron chi connectivity index (χ1n) is 9.83. The summed E-state index contributed by atoms with van der Waals surface area (Å²) in [6.07, 6.45) is 3.00. The second-order valence-corrected chi connectivity index (χ2v) is 6.75. The lowest BCUT2D eigenvalue weighted by Gasteiger charge is -2.07. The first kappa shape index (κ1) is 18.1. The summed E-state index contributed by atoms with van der Waals surface area (Å²) >= 11 is 0. The number of aryl methyl sites for hydroxylation is 1. The summed E-state index contributed by atoms with van der Waals surface area (Å²) in [5.41, 5.74) is 6.64. The Morgan fingerprint density at radius 2 is 1.61 bits per heavy atom. The SMILES string of the molecule is CCC(=Cc1oc2ccc(-c3ccccc3)cc2[n+]1CC)Nc1ccccc1. The Morgan fingerprint density at radius 3 is 2.29 bits per heavy atom. The van der Waals surface area contributed by atoms with Crippen LogP contribution in [0.2, 0.25) is 0 Å². The molecule has 3 aromatic carbocycles. The molecule has 0 radical (unpaired) electrons. The van der Waals surface area contributed by atoms with E-state index >= 15 is 0 Å². The van der Waals surface area contributed by atoms with Crippen LogP contribution in [0.3, 0.4) is 0 Å². The largest absolute Gasteiger partial charge is 0.398 e. The summed E-state index contributed by atoms with van der Waals surface area (Å²) in [5.74, 6) is 0.864. The number of para-hydroxylation sites is 1. The minimum absolute atomic E-state index is 0.847. The standard InChI is InChI=1S/C25H24N2O/c1-3-21(26-22-13-9-6-10-14-22)18-25-27(4-2)23-17-20(15-16-24(23)28-25)19-11-7-5-8-12-19/h5-18H,3-4H2,1-2H3/p+1. The number of nitrogens with zero attached hydrogens (tertiary/aromatic N) is 1. The van der Waals surface area contributed by atoms with Crippen LogP contribution >= 0.6 is 0 Å². The fraction of sp³-hybridized carbons (Fsp3) is 0.160. The van der Waals surface area contributed by atoms with E-state index < -0.39 is 0 Å². The fourth-order valence-electron chi connectivity index (χ4n) is 3.43. The van der Waals surface area contributed by atoms with Crippen LogP contribution in [0.25, 0.3) is 28.3 Å². The Balaban J connectivity index is 1.74. The molecule has 0 spiro atoms. The van der Waals surface area contributed by atoms with Crippen molar-refractivity contribution in [3.63, 3.8) is 0 Å². The highest BCUT2D eigenvalue weighted by atomic mass is 16.3. The van der Waals surface area contributed by atoms with Crippen molar-refractivity contribution in [1.29, 1.82) is 0 Å². The van der Waals surface area contributed by atoms with Gasteiger partial charge in [0, 0.05) is 17.5 Å². The van der Waals surface area contributed by atoms with E-state index in [9.17, 15) is 0 Å². The van der Waals surface area contributed by atoms with Gasteiger partial charge >= 0.3 is 5.89 Å². The summed E-state index contributed by atoms with van der Waals surface area (Å²) in [7, 11) is 0. The summed E-state index contributed by atoms with van der Waals surface area (Å²) < 4.78 is 8.42. The van der Waals surface area contributed by atoms with Crippen molar-refractivity contribution in [1.82, 2.24) is 0 Å². The number of allylic oxidation sites excluding steroid dienone is 1. The normalized spacial score (nSPS) is 11.7. The van der Waals surface area contributed by atoms with Crippen LogP contribution < -0.4 is 9.88 Å². The maximum absolute atomic E-state index is 6.20. The van der Waals surface area contributed by atoms with Crippen molar-refractivity contribution in [2.24, 2.45) is 0 Å². The Hall–Kier alpha value is -3.33.